The fraction of sp³-hybridized carbons (Fsp3) is 0.529. The lowest BCUT2D eigenvalue weighted by Gasteiger charge is -2.37. The van der Waals surface area contributed by atoms with E-state index < -0.39 is 5.60 Å². The first-order valence-corrected chi connectivity index (χ1v) is 7.68. The highest BCUT2D eigenvalue weighted by molar-refractivity contribution is 5.84. The Bertz CT molecular complexity index is 529. The highest BCUT2D eigenvalue weighted by atomic mass is 16.3. The van der Waals surface area contributed by atoms with Gasteiger partial charge >= 0.3 is 0 Å². The van der Waals surface area contributed by atoms with Gasteiger partial charge in [0.05, 0.1) is 12.6 Å². The zero-order valence-electron chi connectivity index (χ0n) is 13.0. The highest BCUT2D eigenvalue weighted by Crippen LogP contribution is 2.18. The molecular weight excluding hydrogens is 278 g/mol. The number of hydrogen-bond donors (Lipinski definition) is 1. The van der Waals surface area contributed by atoms with E-state index in [9.17, 15) is 9.90 Å². The van der Waals surface area contributed by atoms with Crippen LogP contribution in [0.5, 0.6) is 0 Å². The monoisotopic (exact) mass is 301 g/mol. The van der Waals surface area contributed by atoms with Crippen molar-refractivity contribution in [1.29, 1.82) is 5.26 Å². The second kappa shape index (κ2) is 7.39. The molecule has 1 aliphatic rings. The minimum absolute atomic E-state index is 0.208. The third-order valence-corrected chi connectivity index (χ3v) is 4.16. The van der Waals surface area contributed by atoms with E-state index in [2.05, 4.69) is 6.07 Å². The smallest absolute Gasteiger partial charge is 0.254 e. The summed E-state index contributed by atoms with van der Waals surface area (Å²) in [6.45, 7) is 4.51. The first-order valence-electron chi connectivity index (χ1n) is 7.68. The normalized spacial score (nSPS) is 18.5. The average Bonchev–Trinajstić information content (AvgIpc) is 2.54. The van der Waals surface area contributed by atoms with E-state index >= 15 is 0 Å². The summed E-state index contributed by atoms with van der Waals surface area (Å²) in [5, 5.41) is 19.2. The summed E-state index contributed by atoms with van der Waals surface area (Å²) in [5.74, 6) is -0.208. The molecule has 5 heteroatoms. The van der Waals surface area contributed by atoms with Crippen LogP contribution in [0.2, 0.25) is 0 Å². The standard InChI is InChI=1S/C17H23N3O2/c1-17(22,8-7-15-5-3-2-4-6-15)16(21)20-13-11-19(10-9-18)12-14-20/h2-6,22H,7-8,10-14H2,1H3. The Hall–Kier alpha value is -1.90. The van der Waals surface area contributed by atoms with E-state index in [1.807, 2.05) is 35.2 Å². The topological polar surface area (TPSA) is 67.6 Å². The van der Waals surface area contributed by atoms with Gasteiger partial charge in [0.25, 0.3) is 5.91 Å². The Labute approximate surface area is 131 Å². The number of amides is 1. The molecule has 1 heterocycles. The van der Waals surface area contributed by atoms with E-state index in [-0.39, 0.29) is 5.91 Å². The van der Waals surface area contributed by atoms with Gasteiger partial charge in [0.15, 0.2) is 0 Å². The van der Waals surface area contributed by atoms with Crippen LogP contribution in [0.25, 0.3) is 0 Å². The van der Waals surface area contributed by atoms with Crippen LogP contribution in [0.15, 0.2) is 30.3 Å². The zero-order chi connectivity index (χ0) is 16.0. The van der Waals surface area contributed by atoms with Gasteiger partial charge in [-0.1, -0.05) is 30.3 Å². The van der Waals surface area contributed by atoms with Crippen molar-refractivity contribution in [2.45, 2.75) is 25.4 Å². The van der Waals surface area contributed by atoms with E-state index in [0.717, 1.165) is 5.56 Å². The number of nitrogens with zero attached hydrogens (tertiary/aromatic N) is 3. The lowest BCUT2D eigenvalue weighted by molar-refractivity contribution is -0.151. The summed E-state index contributed by atoms with van der Waals surface area (Å²) >= 11 is 0. The van der Waals surface area contributed by atoms with Gasteiger partial charge < -0.3 is 10.0 Å². The third kappa shape index (κ3) is 4.30. The van der Waals surface area contributed by atoms with Crippen LogP contribution in [0, 0.1) is 11.3 Å². The summed E-state index contributed by atoms with van der Waals surface area (Å²) < 4.78 is 0. The molecule has 0 aromatic heterocycles. The average molecular weight is 301 g/mol. The van der Waals surface area contributed by atoms with Crippen molar-refractivity contribution in [2.75, 3.05) is 32.7 Å². The molecule has 2 rings (SSSR count). The van der Waals surface area contributed by atoms with Crippen LogP contribution in [-0.2, 0) is 11.2 Å². The van der Waals surface area contributed by atoms with Crippen LogP contribution < -0.4 is 0 Å². The van der Waals surface area contributed by atoms with Crippen LogP contribution >= 0.6 is 0 Å². The summed E-state index contributed by atoms with van der Waals surface area (Å²) in [7, 11) is 0. The molecule has 0 radical (unpaired) electrons. The second-order valence-corrected chi connectivity index (χ2v) is 5.99. The largest absolute Gasteiger partial charge is 0.380 e. The molecule has 1 aromatic rings. The molecule has 1 atom stereocenters. The van der Waals surface area contributed by atoms with Gasteiger partial charge in [0.1, 0.15) is 5.60 Å². The fourth-order valence-corrected chi connectivity index (χ4v) is 2.69. The van der Waals surface area contributed by atoms with Crippen molar-refractivity contribution in [3.63, 3.8) is 0 Å². The third-order valence-electron chi connectivity index (χ3n) is 4.16. The van der Waals surface area contributed by atoms with Crippen LogP contribution in [-0.4, -0.2) is 59.1 Å². The van der Waals surface area contributed by atoms with Gasteiger partial charge in [0, 0.05) is 26.2 Å². The van der Waals surface area contributed by atoms with Gasteiger partial charge in [-0.15, -0.1) is 0 Å². The number of hydrogen-bond acceptors (Lipinski definition) is 4. The molecule has 22 heavy (non-hydrogen) atoms. The van der Waals surface area contributed by atoms with Crippen molar-refractivity contribution >= 4 is 5.91 Å². The van der Waals surface area contributed by atoms with Gasteiger partial charge in [-0.05, 0) is 25.3 Å². The number of aryl methyl sites for hydroxylation is 1. The zero-order valence-corrected chi connectivity index (χ0v) is 13.0. The number of aliphatic hydroxyl groups is 1. The predicted molar refractivity (Wildman–Crippen MR) is 84.0 cm³/mol. The Morgan fingerprint density at radius 1 is 1.27 bits per heavy atom. The molecule has 1 unspecified atom stereocenters. The van der Waals surface area contributed by atoms with E-state index in [1.54, 1.807) is 11.8 Å². The van der Waals surface area contributed by atoms with Gasteiger partial charge in [-0.2, -0.15) is 5.26 Å². The fourth-order valence-electron chi connectivity index (χ4n) is 2.69. The van der Waals surface area contributed by atoms with Crippen LogP contribution in [0.4, 0.5) is 0 Å². The highest BCUT2D eigenvalue weighted by Gasteiger charge is 2.35. The lowest BCUT2D eigenvalue weighted by Crippen LogP contribution is -2.55. The number of benzene rings is 1. The molecule has 1 saturated heterocycles. The molecular formula is C17H23N3O2. The number of carbonyl (C=O) groups is 1. The first kappa shape index (κ1) is 16.5. The van der Waals surface area contributed by atoms with Gasteiger partial charge in [0.2, 0.25) is 0 Å². The van der Waals surface area contributed by atoms with Gasteiger partial charge in [-0.3, -0.25) is 9.69 Å². The molecule has 0 spiro atoms. The first-order chi connectivity index (χ1) is 10.5. The SMILES string of the molecule is CC(O)(CCc1ccccc1)C(=O)N1CCN(CC#N)CC1. The summed E-state index contributed by atoms with van der Waals surface area (Å²) in [6, 6.07) is 12.0. The van der Waals surface area contributed by atoms with Crippen molar-refractivity contribution in [2.24, 2.45) is 0 Å². The maximum absolute atomic E-state index is 12.5. The van der Waals surface area contributed by atoms with Crippen molar-refractivity contribution in [3.05, 3.63) is 35.9 Å². The maximum Gasteiger partial charge on any atom is 0.254 e. The summed E-state index contributed by atoms with van der Waals surface area (Å²) in [4.78, 5) is 16.2. The van der Waals surface area contributed by atoms with E-state index in [4.69, 9.17) is 5.26 Å². The van der Waals surface area contributed by atoms with Crippen LogP contribution in [0.1, 0.15) is 18.9 Å². The lowest BCUT2D eigenvalue weighted by atomic mass is 9.95. The molecule has 1 N–H and O–H groups in total. The minimum Gasteiger partial charge on any atom is -0.380 e. The number of piperazine rings is 1. The molecule has 1 amide bonds. The molecule has 0 bridgehead atoms. The molecule has 1 fully saturated rings. The van der Waals surface area contributed by atoms with Crippen molar-refractivity contribution in [1.82, 2.24) is 9.80 Å². The Balaban J connectivity index is 1.87. The van der Waals surface area contributed by atoms with Gasteiger partial charge in [-0.25, -0.2) is 0 Å². The molecule has 0 aliphatic carbocycles. The Morgan fingerprint density at radius 2 is 1.91 bits per heavy atom. The van der Waals surface area contributed by atoms with Crippen molar-refractivity contribution < 1.29 is 9.90 Å². The van der Waals surface area contributed by atoms with E-state index in [1.165, 1.54) is 0 Å². The summed E-state index contributed by atoms with van der Waals surface area (Å²) in [6.07, 6.45) is 1.09. The number of carbonyl (C=O) groups excluding carboxylic acids is 1. The van der Waals surface area contributed by atoms with Crippen LogP contribution in [0.3, 0.4) is 0 Å². The molecule has 118 valence electrons. The summed E-state index contributed by atoms with van der Waals surface area (Å²) in [5.41, 5.74) is -0.220. The predicted octanol–water partition coefficient (Wildman–Crippen LogP) is 1.04. The number of rotatable bonds is 5. The number of nitriles is 1. The Morgan fingerprint density at radius 3 is 2.50 bits per heavy atom. The molecule has 0 saturated carbocycles. The minimum atomic E-state index is -1.34. The molecule has 5 nitrogen and oxygen atoms in total. The maximum atomic E-state index is 12.5. The van der Waals surface area contributed by atoms with E-state index in [0.29, 0.717) is 45.6 Å². The quantitative estimate of drug-likeness (QED) is 0.825. The second-order valence-electron chi connectivity index (χ2n) is 5.99. The molecule has 1 aliphatic heterocycles. The molecule has 1 aromatic carbocycles. The van der Waals surface area contributed by atoms with Crippen molar-refractivity contribution in [3.8, 4) is 6.07 Å². The Kier molecular flexibility index (Phi) is 5.53.